The van der Waals surface area contributed by atoms with Gasteiger partial charge in [-0.2, -0.15) is 10.2 Å². The highest BCUT2D eigenvalue weighted by molar-refractivity contribution is 5.81. The van der Waals surface area contributed by atoms with Crippen molar-refractivity contribution in [3.8, 4) is 5.75 Å². The first kappa shape index (κ1) is 14.8. The van der Waals surface area contributed by atoms with Crippen LogP contribution in [0.15, 0.2) is 87.6 Å². The summed E-state index contributed by atoms with van der Waals surface area (Å²) in [5, 5.41) is 7.91. The first-order chi connectivity index (χ1) is 11.4. The molecule has 0 aliphatic heterocycles. The zero-order valence-electron chi connectivity index (χ0n) is 12.5. The van der Waals surface area contributed by atoms with E-state index in [2.05, 4.69) is 10.2 Å². The molecule has 0 amide bonds. The molecule has 0 aliphatic rings. The van der Waals surface area contributed by atoms with Crippen molar-refractivity contribution in [1.29, 1.82) is 0 Å². The second-order valence-electron chi connectivity index (χ2n) is 4.85. The topological polar surface area (TPSA) is 47.1 Å². The van der Waals surface area contributed by atoms with Gasteiger partial charge in [0.2, 0.25) is 0 Å². The smallest absolute Gasteiger partial charge is 0.146 e. The Morgan fingerprint density at radius 2 is 1.61 bits per heavy atom. The van der Waals surface area contributed by atoms with Gasteiger partial charge in [0, 0.05) is 0 Å². The van der Waals surface area contributed by atoms with Gasteiger partial charge in [0.1, 0.15) is 18.1 Å². The van der Waals surface area contributed by atoms with Crippen LogP contribution in [0.5, 0.6) is 5.75 Å². The summed E-state index contributed by atoms with van der Waals surface area (Å²) in [5.74, 6) is 1.50. The van der Waals surface area contributed by atoms with Gasteiger partial charge in [0.25, 0.3) is 0 Å². The minimum atomic E-state index is 0.557. The minimum absolute atomic E-state index is 0.557. The molecule has 3 aromatic rings. The van der Waals surface area contributed by atoms with Crippen molar-refractivity contribution in [3.05, 3.63) is 89.9 Å². The van der Waals surface area contributed by atoms with E-state index in [1.165, 1.54) is 0 Å². The molecular weight excluding hydrogens is 288 g/mol. The van der Waals surface area contributed by atoms with Crippen LogP contribution >= 0.6 is 0 Å². The fourth-order valence-corrected chi connectivity index (χ4v) is 1.95. The summed E-state index contributed by atoms with van der Waals surface area (Å²) in [6.07, 6.45) is 4.84. The lowest BCUT2D eigenvalue weighted by atomic mass is 10.2. The Morgan fingerprint density at radius 1 is 0.826 bits per heavy atom. The van der Waals surface area contributed by atoms with E-state index in [1.807, 2.05) is 60.7 Å². The molecule has 0 aliphatic carbocycles. The van der Waals surface area contributed by atoms with E-state index in [1.54, 1.807) is 24.8 Å². The fourth-order valence-electron chi connectivity index (χ4n) is 1.95. The third kappa shape index (κ3) is 4.68. The zero-order chi connectivity index (χ0) is 15.7. The van der Waals surface area contributed by atoms with Gasteiger partial charge in [0.05, 0.1) is 18.7 Å². The lowest BCUT2D eigenvalue weighted by Crippen LogP contribution is -1.94. The van der Waals surface area contributed by atoms with Gasteiger partial charge in [0.15, 0.2) is 0 Å². The quantitative estimate of drug-likeness (QED) is 0.503. The summed E-state index contributed by atoms with van der Waals surface area (Å²) in [5.41, 5.74) is 2.10. The van der Waals surface area contributed by atoms with Crippen molar-refractivity contribution in [2.75, 3.05) is 0 Å². The highest BCUT2D eigenvalue weighted by Crippen LogP contribution is 2.13. The van der Waals surface area contributed by atoms with Crippen molar-refractivity contribution < 1.29 is 9.15 Å². The lowest BCUT2D eigenvalue weighted by Gasteiger charge is -2.06. The average molecular weight is 304 g/mol. The van der Waals surface area contributed by atoms with E-state index in [0.717, 1.165) is 16.9 Å². The summed E-state index contributed by atoms with van der Waals surface area (Å²) < 4.78 is 10.9. The number of nitrogens with zero attached hydrogens (tertiary/aromatic N) is 2. The highest BCUT2D eigenvalue weighted by atomic mass is 16.5. The Bertz CT molecular complexity index is 761. The second-order valence-corrected chi connectivity index (χ2v) is 4.85. The highest BCUT2D eigenvalue weighted by Gasteiger charge is 1.95. The Labute approximate surface area is 134 Å². The molecule has 0 saturated heterocycles. The Hall–Kier alpha value is -3.14. The van der Waals surface area contributed by atoms with Gasteiger partial charge in [-0.15, -0.1) is 0 Å². The maximum Gasteiger partial charge on any atom is 0.146 e. The molecule has 0 spiro atoms. The van der Waals surface area contributed by atoms with E-state index in [4.69, 9.17) is 9.15 Å². The summed E-state index contributed by atoms with van der Waals surface area (Å²) in [7, 11) is 0. The van der Waals surface area contributed by atoms with Crippen molar-refractivity contribution in [3.63, 3.8) is 0 Å². The number of hydrogen-bond donors (Lipinski definition) is 0. The lowest BCUT2D eigenvalue weighted by molar-refractivity contribution is 0.306. The summed E-state index contributed by atoms with van der Waals surface area (Å²) in [4.78, 5) is 0. The van der Waals surface area contributed by atoms with Gasteiger partial charge < -0.3 is 9.15 Å². The zero-order valence-corrected chi connectivity index (χ0v) is 12.5. The largest absolute Gasteiger partial charge is 0.489 e. The van der Waals surface area contributed by atoms with Crippen LogP contribution in [0.1, 0.15) is 16.9 Å². The molecule has 23 heavy (non-hydrogen) atoms. The molecule has 3 rings (SSSR count). The van der Waals surface area contributed by atoms with Gasteiger partial charge in [-0.05, 0) is 47.5 Å². The molecular formula is C19H16N2O2. The Morgan fingerprint density at radius 3 is 2.35 bits per heavy atom. The molecule has 1 aromatic heterocycles. The molecule has 0 saturated carbocycles. The van der Waals surface area contributed by atoms with Crippen molar-refractivity contribution in [2.24, 2.45) is 10.2 Å². The Balaban J connectivity index is 1.52. The summed E-state index contributed by atoms with van der Waals surface area (Å²) >= 11 is 0. The van der Waals surface area contributed by atoms with Crippen LogP contribution in [0.2, 0.25) is 0 Å². The van der Waals surface area contributed by atoms with E-state index in [-0.39, 0.29) is 0 Å². The van der Waals surface area contributed by atoms with Crippen LogP contribution in [0, 0.1) is 0 Å². The van der Waals surface area contributed by atoms with E-state index < -0.39 is 0 Å². The number of hydrogen-bond acceptors (Lipinski definition) is 4. The maximum absolute atomic E-state index is 5.74. The molecule has 0 unspecified atom stereocenters. The van der Waals surface area contributed by atoms with Crippen LogP contribution < -0.4 is 4.74 Å². The second kappa shape index (κ2) is 7.75. The molecule has 4 heteroatoms. The van der Waals surface area contributed by atoms with Crippen LogP contribution in [0.4, 0.5) is 0 Å². The van der Waals surface area contributed by atoms with Crippen LogP contribution in [0.25, 0.3) is 0 Å². The summed E-state index contributed by atoms with van der Waals surface area (Å²) in [6, 6.07) is 21.4. The molecule has 114 valence electrons. The third-order valence-electron chi connectivity index (χ3n) is 3.13. The molecule has 2 aromatic carbocycles. The number of benzene rings is 2. The summed E-state index contributed by atoms with van der Waals surface area (Å²) in [6.45, 7) is 0.557. The number of furan rings is 1. The first-order valence-corrected chi connectivity index (χ1v) is 7.27. The van der Waals surface area contributed by atoms with Crippen LogP contribution in [-0.2, 0) is 6.61 Å². The molecule has 4 nitrogen and oxygen atoms in total. The van der Waals surface area contributed by atoms with E-state index in [9.17, 15) is 0 Å². The van der Waals surface area contributed by atoms with Crippen molar-refractivity contribution in [2.45, 2.75) is 6.61 Å². The normalized spacial score (nSPS) is 11.3. The van der Waals surface area contributed by atoms with Gasteiger partial charge >= 0.3 is 0 Å². The predicted molar refractivity (Wildman–Crippen MR) is 91.1 cm³/mol. The average Bonchev–Trinajstić information content (AvgIpc) is 3.12. The SMILES string of the molecule is C(=NN=Cc1ccco1)c1ccc(OCc2ccccc2)cc1. The van der Waals surface area contributed by atoms with Crippen LogP contribution in [0.3, 0.4) is 0 Å². The standard InChI is InChI=1S/C19H16N2O2/c1-2-5-17(6-3-1)15-23-18-10-8-16(9-11-18)13-20-21-14-19-7-4-12-22-19/h1-14H,15H2. The first-order valence-electron chi connectivity index (χ1n) is 7.27. The molecule has 0 radical (unpaired) electrons. The minimum Gasteiger partial charge on any atom is -0.489 e. The number of rotatable bonds is 6. The van der Waals surface area contributed by atoms with E-state index >= 15 is 0 Å². The van der Waals surface area contributed by atoms with E-state index in [0.29, 0.717) is 12.4 Å². The van der Waals surface area contributed by atoms with Crippen molar-refractivity contribution >= 4 is 12.4 Å². The molecule has 0 fully saturated rings. The molecule has 0 N–H and O–H groups in total. The number of ether oxygens (including phenoxy) is 1. The third-order valence-corrected chi connectivity index (χ3v) is 3.13. The van der Waals surface area contributed by atoms with Crippen molar-refractivity contribution in [1.82, 2.24) is 0 Å². The molecule has 0 bridgehead atoms. The van der Waals surface area contributed by atoms with Gasteiger partial charge in [-0.3, -0.25) is 0 Å². The predicted octanol–water partition coefficient (Wildman–Crippen LogP) is 4.31. The van der Waals surface area contributed by atoms with Gasteiger partial charge in [-0.25, -0.2) is 0 Å². The monoisotopic (exact) mass is 304 g/mol. The fraction of sp³-hybridized carbons (Fsp3) is 0.0526. The maximum atomic E-state index is 5.74. The van der Waals surface area contributed by atoms with Crippen LogP contribution in [-0.4, -0.2) is 12.4 Å². The Kier molecular flexibility index (Phi) is 4.98. The molecule has 0 atom stereocenters. The van der Waals surface area contributed by atoms with Gasteiger partial charge in [-0.1, -0.05) is 30.3 Å². The molecule has 1 heterocycles.